The number of halogens is 1. The average Bonchev–Trinajstić information content (AvgIpc) is 2.27. The summed E-state index contributed by atoms with van der Waals surface area (Å²) in [7, 11) is 0. The van der Waals surface area contributed by atoms with Crippen molar-refractivity contribution in [1.82, 2.24) is 0 Å². The Bertz CT molecular complexity index is 670. The number of carboxylic acids is 1. The minimum absolute atomic E-state index is 0.170. The van der Waals surface area contributed by atoms with E-state index in [4.69, 9.17) is 4.42 Å². The highest BCUT2D eigenvalue weighted by atomic mass is 79.9. The summed E-state index contributed by atoms with van der Waals surface area (Å²) in [6.45, 7) is 0. The van der Waals surface area contributed by atoms with E-state index in [-0.39, 0.29) is 11.0 Å². The molecule has 0 aliphatic heterocycles. The molecule has 1 heterocycles. The van der Waals surface area contributed by atoms with Crippen molar-refractivity contribution in [3.05, 3.63) is 50.8 Å². The largest absolute Gasteiger partial charge is 0.545 e. The highest BCUT2D eigenvalue weighted by Gasteiger charge is 2.04. The van der Waals surface area contributed by atoms with Crippen molar-refractivity contribution in [3.63, 3.8) is 0 Å². The van der Waals surface area contributed by atoms with Gasteiger partial charge in [-0.25, -0.2) is 0 Å². The predicted octanol–water partition coefficient (Wildman–Crippen LogP) is 1.32. The maximum absolute atomic E-state index is 11.9. The third-order valence-electron chi connectivity index (χ3n) is 2.16. The molecule has 0 N–H and O–H groups in total. The Labute approximate surface area is 104 Å². The van der Waals surface area contributed by atoms with Crippen LogP contribution in [0.25, 0.3) is 17.0 Å². The van der Waals surface area contributed by atoms with Gasteiger partial charge >= 0.3 is 0 Å². The fourth-order valence-corrected chi connectivity index (χ4v) is 1.73. The molecular weight excluding hydrogens is 288 g/mol. The van der Waals surface area contributed by atoms with Crippen LogP contribution in [0.3, 0.4) is 0 Å². The third kappa shape index (κ3) is 2.45. The van der Waals surface area contributed by atoms with Crippen LogP contribution < -0.4 is 10.5 Å². The van der Waals surface area contributed by atoms with Crippen molar-refractivity contribution < 1.29 is 14.3 Å². The molecule has 0 aliphatic rings. The normalized spacial score (nSPS) is 11.1. The topological polar surface area (TPSA) is 70.3 Å². The van der Waals surface area contributed by atoms with Crippen molar-refractivity contribution in [2.24, 2.45) is 0 Å². The lowest BCUT2D eigenvalue weighted by atomic mass is 10.1. The fourth-order valence-electron chi connectivity index (χ4n) is 1.39. The molecular formula is C12H6BrO4-. The molecule has 1 aromatic heterocycles. The Morgan fingerprint density at radius 2 is 2.18 bits per heavy atom. The van der Waals surface area contributed by atoms with E-state index in [1.165, 1.54) is 6.26 Å². The Balaban J connectivity index is 2.62. The van der Waals surface area contributed by atoms with Gasteiger partial charge in [0.1, 0.15) is 11.8 Å². The molecule has 86 valence electrons. The second-order valence-corrected chi connectivity index (χ2v) is 4.23. The molecule has 0 aliphatic carbocycles. The van der Waals surface area contributed by atoms with Gasteiger partial charge in [-0.15, -0.1) is 0 Å². The summed E-state index contributed by atoms with van der Waals surface area (Å²) in [6.07, 6.45) is 3.16. The van der Waals surface area contributed by atoms with Crippen LogP contribution in [0.4, 0.5) is 0 Å². The lowest BCUT2D eigenvalue weighted by Crippen LogP contribution is -2.18. The van der Waals surface area contributed by atoms with Gasteiger partial charge in [0.05, 0.1) is 16.9 Å². The van der Waals surface area contributed by atoms with E-state index in [9.17, 15) is 14.7 Å². The van der Waals surface area contributed by atoms with Crippen molar-refractivity contribution in [2.75, 3.05) is 0 Å². The van der Waals surface area contributed by atoms with Crippen molar-refractivity contribution >= 4 is 38.9 Å². The lowest BCUT2D eigenvalue weighted by molar-refractivity contribution is -0.297. The molecule has 0 unspecified atom stereocenters. The summed E-state index contributed by atoms with van der Waals surface area (Å²) in [5.74, 6) is -1.36. The number of aliphatic carboxylic acids is 1. The minimum atomic E-state index is -1.36. The van der Waals surface area contributed by atoms with Crippen molar-refractivity contribution in [2.45, 2.75) is 0 Å². The van der Waals surface area contributed by atoms with Crippen LogP contribution in [-0.4, -0.2) is 5.97 Å². The van der Waals surface area contributed by atoms with Gasteiger partial charge in [-0.1, -0.05) is 15.9 Å². The van der Waals surface area contributed by atoms with Gasteiger partial charge in [0.15, 0.2) is 5.43 Å². The van der Waals surface area contributed by atoms with Gasteiger partial charge in [-0.05, 0) is 30.4 Å². The summed E-state index contributed by atoms with van der Waals surface area (Å²) >= 11 is 3.26. The van der Waals surface area contributed by atoms with Crippen LogP contribution in [0.5, 0.6) is 0 Å². The second kappa shape index (κ2) is 4.55. The molecule has 0 saturated carbocycles. The summed E-state index contributed by atoms with van der Waals surface area (Å²) in [6, 6.07) is 5.00. The third-order valence-corrected chi connectivity index (χ3v) is 2.66. The Kier molecular flexibility index (Phi) is 3.10. The Morgan fingerprint density at radius 1 is 1.41 bits per heavy atom. The van der Waals surface area contributed by atoms with E-state index < -0.39 is 5.97 Å². The monoisotopic (exact) mass is 293 g/mol. The number of carboxylic acid groups (broad SMARTS) is 1. The molecule has 2 aromatic rings. The first-order valence-corrected chi connectivity index (χ1v) is 5.47. The first kappa shape index (κ1) is 11.6. The zero-order chi connectivity index (χ0) is 12.4. The standard InChI is InChI=1S/C12H7BrO4/c13-8-2-3-9-10(5-8)17-6-7(12(9)16)1-4-11(14)15/h1-6H,(H,14,15)/p-1/b4-1+. The molecule has 2 rings (SSSR count). The number of hydrogen-bond donors (Lipinski definition) is 0. The molecule has 1 aromatic carbocycles. The first-order chi connectivity index (χ1) is 8.08. The summed E-state index contributed by atoms with van der Waals surface area (Å²) in [5.41, 5.74) is 0.329. The van der Waals surface area contributed by atoms with Gasteiger partial charge in [-0.3, -0.25) is 4.79 Å². The Morgan fingerprint density at radius 3 is 2.88 bits per heavy atom. The van der Waals surface area contributed by atoms with Crippen molar-refractivity contribution in [3.8, 4) is 0 Å². The SMILES string of the molecule is O=C([O-])/C=C/c1coc2cc(Br)ccc2c1=O. The number of carbonyl (C=O) groups is 1. The van der Waals surface area contributed by atoms with Crippen LogP contribution in [0.1, 0.15) is 5.56 Å². The van der Waals surface area contributed by atoms with E-state index in [1.807, 2.05) is 0 Å². The molecule has 0 radical (unpaired) electrons. The summed E-state index contributed by atoms with van der Waals surface area (Å²) in [4.78, 5) is 22.2. The minimum Gasteiger partial charge on any atom is -0.545 e. The van der Waals surface area contributed by atoms with Gasteiger partial charge in [0, 0.05) is 4.47 Å². The molecule has 0 bridgehead atoms. The first-order valence-electron chi connectivity index (χ1n) is 4.68. The van der Waals surface area contributed by atoms with Crippen LogP contribution in [0.15, 0.2) is 44.2 Å². The quantitative estimate of drug-likeness (QED) is 0.783. The average molecular weight is 294 g/mol. The van der Waals surface area contributed by atoms with Gasteiger partial charge in [0.25, 0.3) is 0 Å². The molecule has 0 fully saturated rings. The number of hydrogen-bond acceptors (Lipinski definition) is 4. The summed E-state index contributed by atoms with van der Waals surface area (Å²) < 4.78 is 6.04. The van der Waals surface area contributed by atoms with E-state index in [0.29, 0.717) is 11.0 Å². The number of rotatable bonds is 2. The maximum atomic E-state index is 11.9. The molecule has 0 amide bonds. The predicted molar refractivity (Wildman–Crippen MR) is 64.2 cm³/mol. The number of fused-ring (bicyclic) bond motifs is 1. The van der Waals surface area contributed by atoms with E-state index in [1.54, 1.807) is 18.2 Å². The van der Waals surface area contributed by atoms with Crippen LogP contribution in [0.2, 0.25) is 0 Å². The molecule has 0 spiro atoms. The van der Waals surface area contributed by atoms with Crippen LogP contribution in [0, 0.1) is 0 Å². The highest BCUT2D eigenvalue weighted by Crippen LogP contribution is 2.17. The molecule has 5 heteroatoms. The Hall–Kier alpha value is -1.88. The zero-order valence-corrected chi connectivity index (χ0v) is 10.1. The van der Waals surface area contributed by atoms with Crippen LogP contribution in [-0.2, 0) is 4.79 Å². The van der Waals surface area contributed by atoms with Crippen molar-refractivity contribution in [1.29, 1.82) is 0 Å². The fraction of sp³-hybridized carbons (Fsp3) is 0. The summed E-state index contributed by atoms with van der Waals surface area (Å²) in [5, 5.41) is 10.7. The van der Waals surface area contributed by atoms with E-state index in [0.717, 1.165) is 16.6 Å². The second-order valence-electron chi connectivity index (χ2n) is 3.31. The number of benzene rings is 1. The van der Waals surface area contributed by atoms with E-state index >= 15 is 0 Å². The lowest BCUT2D eigenvalue weighted by Gasteiger charge is -1.99. The maximum Gasteiger partial charge on any atom is 0.199 e. The molecule has 4 nitrogen and oxygen atoms in total. The van der Waals surface area contributed by atoms with E-state index in [2.05, 4.69) is 15.9 Å². The van der Waals surface area contributed by atoms with Crippen LogP contribution >= 0.6 is 15.9 Å². The molecule has 17 heavy (non-hydrogen) atoms. The van der Waals surface area contributed by atoms with Gasteiger partial charge in [-0.2, -0.15) is 0 Å². The smallest absolute Gasteiger partial charge is 0.199 e. The van der Waals surface area contributed by atoms with Gasteiger partial charge in [0.2, 0.25) is 0 Å². The molecule has 0 atom stereocenters. The zero-order valence-electron chi connectivity index (χ0n) is 8.48. The number of carbonyl (C=O) groups excluding carboxylic acids is 1. The van der Waals surface area contributed by atoms with Gasteiger partial charge < -0.3 is 14.3 Å². The molecule has 0 saturated heterocycles. The highest BCUT2D eigenvalue weighted by molar-refractivity contribution is 9.10.